The minimum absolute atomic E-state index is 0.0195. The fourth-order valence-electron chi connectivity index (χ4n) is 4.59. The van der Waals surface area contributed by atoms with E-state index in [1.165, 1.54) is 30.6 Å². The first-order valence-electron chi connectivity index (χ1n) is 12.4. The van der Waals surface area contributed by atoms with Crippen LogP contribution in [-0.2, 0) is 16.2 Å². The number of alkyl halides is 3. The minimum Gasteiger partial charge on any atom is -0.487 e. The summed E-state index contributed by atoms with van der Waals surface area (Å²) in [5.74, 6) is 0.551. The van der Waals surface area contributed by atoms with Gasteiger partial charge < -0.3 is 9.47 Å². The number of nitrogens with zero attached hydrogens (tertiary/aromatic N) is 3. The van der Waals surface area contributed by atoms with Crippen LogP contribution in [0.4, 0.5) is 18.3 Å². The second-order valence-electron chi connectivity index (χ2n) is 10.3. The molecule has 0 aliphatic carbocycles. The van der Waals surface area contributed by atoms with E-state index in [0.717, 1.165) is 23.5 Å². The highest BCUT2D eigenvalue weighted by atomic mass is 32.2. The lowest BCUT2D eigenvalue weighted by Crippen LogP contribution is -2.36. The average Bonchev–Trinajstić information content (AvgIpc) is 3.54. The molecule has 2 aromatic carbocycles. The van der Waals surface area contributed by atoms with Crippen molar-refractivity contribution in [1.82, 2.24) is 14.8 Å². The summed E-state index contributed by atoms with van der Waals surface area (Å²) < 4.78 is 83.6. The predicted molar refractivity (Wildman–Crippen MR) is 145 cm³/mol. The maximum atomic E-state index is 13.7. The molecule has 5 rings (SSSR count). The Morgan fingerprint density at radius 2 is 1.93 bits per heavy atom. The number of hydrogen-bond acceptors (Lipinski definition) is 7. The van der Waals surface area contributed by atoms with Crippen molar-refractivity contribution in [3.63, 3.8) is 0 Å². The van der Waals surface area contributed by atoms with Crippen LogP contribution in [-0.4, -0.2) is 28.8 Å². The number of sulfonamides is 1. The van der Waals surface area contributed by atoms with Crippen molar-refractivity contribution in [2.45, 2.75) is 62.9 Å². The zero-order valence-electron chi connectivity index (χ0n) is 22.1. The summed E-state index contributed by atoms with van der Waals surface area (Å²) in [4.78, 5) is 3.94. The highest BCUT2D eigenvalue weighted by Crippen LogP contribution is 2.45. The third kappa shape index (κ3) is 5.66. The second kappa shape index (κ2) is 10.1. The highest BCUT2D eigenvalue weighted by Gasteiger charge is 2.37. The fraction of sp³-hybridized carbons (Fsp3) is 0.333. The van der Waals surface area contributed by atoms with Crippen molar-refractivity contribution in [2.75, 3.05) is 4.72 Å². The molecule has 1 atom stereocenters. The Labute approximate surface area is 233 Å². The Bertz CT molecular complexity index is 1630. The van der Waals surface area contributed by atoms with Crippen molar-refractivity contribution in [1.29, 1.82) is 0 Å². The van der Waals surface area contributed by atoms with Crippen molar-refractivity contribution >= 4 is 26.5 Å². The Morgan fingerprint density at radius 3 is 2.60 bits per heavy atom. The molecule has 8 nitrogen and oxygen atoms in total. The number of benzene rings is 2. The number of fused-ring (bicyclic) bond motifs is 1. The third-order valence-electron chi connectivity index (χ3n) is 6.37. The van der Waals surface area contributed by atoms with E-state index in [9.17, 15) is 21.6 Å². The Kier molecular flexibility index (Phi) is 7.07. The highest BCUT2D eigenvalue weighted by molar-refractivity contribution is 7.93. The van der Waals surface area contributed by atoms with Gasteiger partial charge in [0.15, 0.2) is 5.13 Å². The van der Waals surface area contributed by atoms with Gasteiger partial charge in [-0.1, -0.05) is 6.07 Å². The van der Waals surface area contributed by atoms with Gasteiger partial charge in [-0.25, -0.2) is 13.4 Å². The van der Waals surface area contributed by atoms with Gasteiger partial charge in [-0.05, 0) is 58.0 Å². The zero-order chi connectivity index (χ0) is 28.9. The fourth-order valence-corrected chi connectivity index (χ4v) is 6.39. The van der Waals surface area contributed by atoms with Crippen molar-refractivity contribution in [2.24, 2.45) is 0 Å². The Morgan fingerprint density at radius 1 is 1.15 bits per heavy atom. The standard InChI is InChI=1S/C27H27F3N4O4S2/c1-16(2)34-21(9-10-32-34)20-13-17(27(28,29)30)5-8-22(20)37-24-15-26(3,4)38-23-14-18(6-7-19(23)24)40(35,36)33-25-31-11-12-39-25/h5-14,16,24H,15H2,1-4H3,(H,31,33). The van der Waals surface area contributed by atoms with E-state index in [2.05, 4.69) is 14.8 Å². The summed E-state index contributed by atoms with van der Waals surface area (Å²) in [5, 5.41) is 6.17. The van der Waals surface area contributed by atoms with Gasteiger partial charge in [0.05, 0.1) is 16.2 Å². The van der Waals surface area contributed by atoms with Crippen LogP contribution in [0.3, 0.4) is 0 Å². The lowest BCUT2D eigenvalue weighted by Gasteiger charge is -2.38. The molecule has 0 fully saturated rings. The molecular weight excluding hydrogens is 565 g/mol. The molecule has 13 heteroatoms. The van der Waals surface area contributed by atoms with Crippen LogP contribution in [0, 0.1) is 0 Å². The van der Waals surface area contributed by atoms with Gasteiger partial charge in [0.1, 0.15) is 23.2 Å². The van der Waals surface area contributed by atoms with E-state index >= 15 is 0 Å². The normalized spacial score (nSPS) is 16.9. The molecule has 0 spiro atoms. The molecule has 0 amide bonds. The topological polar surface area (TPSA) is 95.3 Å². The molecule has 40 heavy (non-hydrogen) atoms. The van der Waals surface area contributed by atoms with Crippen LogP contribution < -0.4 is 14.2 Å². The van der Waals surface area contributed by atoms with E-state index in [4.69, 9.17) is 9.47 Å². The monoisotopic (exact) mass is 592 g/mol. The summed E-state index contributed by atoms with van der Waals surface area (Å²) in [6, 6.07) is 9.38. The molecule has 212 valence electrons. The number of anilines is 1. The van der Waals surface area contributed by atoms with Crippen molar-refractivity contribution < 1.29 is 31.1 Å². The van der Waals surface area contributed by atoms with Crippen LogP contribution in [0.5, 0.6) is 11.5 Å². The van der Waals surface area contributed by atoms with Gasteiger partial charge in [-0.3, -0.25) is 9.40 Å². The molecule has 1 aliphatic heterocycles. The number of hydrogen-bond donors (Lipinski definition) is 1. The number of nitrogens with one attached hydrogen (secondary N) is 1. The first-order chi connectivity index (χ1) is 18.7. The number of rotatable bonds is 7. The average molecular weight is 593 g/mol. The summed E-state index contributed by atoms with van der Waals surface area (Å²) in [7, 11) is -3.94. The quantitative estimate of drug-likeness (QED) is 0.246. The lowest BCUT2D eigenvalue weighted by atomic mass is 9.91. The molecule has 0 radical (unpaired) electrons. The first kappa shape index (κ1) is 28.0. The molecule has 0 bridgehead atoms. The van der Waals surface area contributed by atoms with Crippen LogP contribution in [0.1, 0.15) is 57.4 Å². The van der Waals surface area contributed by atoms with Crippen LogP contribution in [0.15, 0.2) is 65.1 Å². The summed E-state index contributed by atoms with van der Waals surface area (Å²) >= 11 is 1.15. The van der Waals surface area contributed by atoms with E-state index < -0.39 is 33.5 Å². The van der Waals surface area contributed by atoms with Gasteiger partial charge in [0.2, 0.25) is 0 Å². The first-order valence-corrected chi connectivity index (χ1v) is 14.8. The molecule has 4 aromatic rings. The van der Waals surface area contributed by atoms with Gasteiger partial charge in [0.25, 0.3) is 10.0 Å². The largest absolute Gasteiger partial charge is 0.487 e. The smallest absolute Gasteiger partial charge is 0.416 e. The van der Waals surface area contributed by atoms with Gasteiger partial charge in [0, 0.05) is 47.4 Å². The Hall–Kier alpha value is -3.58. The van der Waals surface area contributed by atoms with Crippen LogP contribution >= 0.6 is 11.3 Å². The van der Waals surface area contributed by atoms with E-state index in [1.807, 2.05) is 27.7 Å². The molecule has 0 saturated carbocycles. The van der Waals surface area contributed by atoms with Crippen LogP contribution in [0.25, 0.3) is 11.3 Å². The molecule has 2 aromatic heterocycles. The molecular formula is C27H27F3N4O4S2. The van der Waals surface area contributed by atoms with Gasteiger partial charge >= 0.3 is 6.18 Å². The summed E-state index contributed by atoms with van der Waals surface area (Å²) in [6.45, 7) is 7.44. The van der Waals surface area contributed by atoms with E-state index in [0.29, 0.717) is 23.4 Å². The number of aromatic nitrogens is 3. The molecule has 1 N–H and O–H groups in total. The second-order valence-corrected chi connectivity index (χ2v) is 12.9. The van der Waals surface area contributed by atoms with Crippen LogP contribution in [0.2, 0.25) is 0 Å². The minimum atomic E-state index is -4.54. The Balaban J connectivity index is 1.55. The summed E-state index contributed by atoms with van der Waals surface area (Å²) in [6.07, 6.45) is -1.78. The predicted octanol–water partition coefficient (Wildman–Crippen LogP) is 7.09. The van der Waals surface area contributed by atoms with Crippen molar-refractivity contribution in [3.05, 3.63) is 71.4 Å². The van der Waals surface area contributed by atoms with E-state index in [1.54, 1.807) is 22.2 Å². The number of thiazole rings is 1. The maximum absolute atomic E-state index is 13.7. The SMILES string of the molecule is CC(C)n1nccc1-c1cc(C(F)(F)F)ccc1OC1CC(C)(C)Oc2cc(S(=O)(=O)Nc3nccs3)ccc21. The maximum Gasteiger partial charge on any atom is 0.416 e. The summed E-state index contributed by atoms with van der Waals surface area (Å²) in [5.41, 5.74) is -0.248. The van der Waals surface area contributed by atoms with Crippen molar-refractivity contribution in [3.8, 4) is 22.8 Å². The third-order valence-corrected chi connectivity index (χ3v) is 8.53. The number of halogens is 3. The zero-order valence-corrected chi connectivity index (χ0v) is 23.7. The lowest BCUT2D eigenvalue weighted by molar-refractivity contribution is -0.137. The molecule has 1 unspecified atom stereocenters. The molecule has 3 heterocycles. The molecule has 1 aliphatic rings. The van der Waals surface area contributed by atoms with E-state index in [-0.39, 0.29) is 27.4 Å². The van der Waals surface area contributed by atoms with Gasteiger partial charge in [-0.15, -0.1) is 11.3 Å². The van der Waals surface area contributed by atoms with Gasteiger partial charge in [-0.2, -0.15) is 18.3 Å². The molecule has 0 saturated heterocycles. The number of ether oxygens (including phenoxy) is 2.